The zero-order chi connectivity index (χ0) is 9.40. The van der Waals surface area contributed by atoms with Gasteiger partial charge in [0.2, 0.25) is 0 Å². The maximum atomic E-state index is 8.42. The summed E-state index contributed by atoms with van der Waals surface area (Å²) < 4.78 is 0. The van der Waals surface area contributed by atoms with Crippen molar-refractivity contribution in [1.29, 1.82) is 0 Å². The molecule has 0 aliphatic rings. The molecule has 0 bridgehead atoms. The predicted molar refractivity (Wildman–Crippen MR) is 42.3 cm³/mol. The summed E-state index contributed by atoms with van der Waals surface area (Å²) in [5.74, 6) is 0. The average Bonchev–Trinajstić information content (AvgIpc) is 2.05. The fourth-order valence-corrected chi connectivity index (χ4v) is 0.589. The molecule has 0 aliphatic heterocycles. The van der Waals surface area contributed by atoms with Crippen LogP contribution in [0.3, 0.4) is 0 Å². The summed E-state index contributed by atoms with van der Waals surface area (Å²) in [6.07, 6.45) is 1.83. The Labute approximate surface area is 127 Å². The third-order valence-corrected chi connectivity index (χ3v) is 1.04. The summed E-state index contributed by atoms with van der Waals surface area (Å²) in [5.41, 5.74) is 1.17. The smallest absolute Gasteiger partial charge is 0.907 e. The van der Waals surface area contributed by atoms with Crippen LogP contribution in [0.25, 0.3) is 6.08 Å². The molecular weight excluding hydrogens is 176 g/mol. The molecule has 15 heavy (non-hydrogen) atoms. The molecular formula is C8H8BLi3O3. The summed E-state index contributed by atoms with van der Waals surface area (Å²) in [7, 11) is -2.92. The number of hydrogen-bond acceptors (Lipinski definition) is 3. The monoisotopic (exact) mass is 184 g/mol. The van der Waals surface area contributed by atoms with E-state index in [0.29, 0.717) is 0 Å². The van der Waals surface area contributed by atoms with Crippen molar-refractivity contribution >= 4 is 13.4 Å². The van der Waals surface area contributed by atoms with Crippen molar-refractivity contribution in [3.63, 3.8) is 0 Å². The Bertz CT molecular complexity index is 219. The van der Waals surface area contributed by atoms with E-state index in [1.165, 1.54) is 5.56 Å². The molecule has 0 saturated carbocycles. The van der Waals surface area contributed by atoms with Gasteiger partial charge in [0.25, 0.3) is 0 Å². The molecule has 1 rings (SSSR count). The largest absolute Gasteiger partial charge is 1.00 e. The molecule has 1 aromatic rings. The minimum atomic E-state index is -2.92. The number of hydrogen-bond donors (Lipinski definition) is 0. The summed E-state index contributed by atoms with van der Waals surface area (Å²) in [6.45, 7) is 3.63. The van der Waals surface area contributed by atoms with Crippen LogP contribution in [0.1, 0.15) is 5.56 Å². The van der Waals surface area contributed by atoms with Crippen LogP contribution in [0, 0.1) is 0 Å². The van der Waals surface area contributed by atoms with Crippen LogP contribution in [0.2, 0.25) is 0 Å². The normalized spacial score (nSPS) is 6.33. The van der Waals surface area contributed by atoms with Crippen molar-refractivity contribution in [3.05, 3.63) is 42.5 Å². The van der Waals surface area contributed by atoms with Crippen molar-refractivity contribution in [2.45, 2.75) is 0 Å². The van der Waals surface area contributed by atoms with Crippen molar-refractivity contribution < 1.29 is 71.7 Å². The molecule has 7 heteroatoms. The molecule has 1 aromatic carbocycles. The van der Waals surface area contributed by atoms with E-state index in [9.17, 15) is 0 Å². The molecule has 0 atom stereocenters. The van der Waals surface area contributed by atoms with Gasteiger partial charge in [0, 0.05) is 0 Å². The first kappa shape index (κ1) is 24.8. The quantitative estimate of drug-likeness (QED) is 0.406. The fourth-order valence-electron chi connectivity index (χ4n) is 0.589. The number of rotatable bonds is 1. The molecule has 64 valence electrons. The van der Waals surface area contributed by atoms with Gasteiger partial charge < -0.3 is 15.1 Å². The minimum Gasteiger partial charge on any atom is -0.907 e. The topological polar surface area (TPSA) is 69.2 Å². The second-order valence-electron chi connectivity index (χ2n) is 1.90. The van der Waals surface area contributed by atoms with E-state index in [-0.39, 0.29) is 56.6 Å². The molecule has 0 amide bonds. The second kappa shape index (κ2) is 17.1. The molecule has 0 spiro atoms. The van der Waals surface area contributed by atoms with Crippen LogP contribution in [-0.2, 0) is 0 Å². The standard InChI is InChI=1S/C8H8.BO3.3Li/c1-2-8-6-4-3-5-7-8;2-1(3)4;;;/h2-7H,1H2;;;;/q;-3;3*+1. The zero-order valence-electron chi connectivity index (χ0n) is 9.47. The van der Waals surface area contributed by atoms with Crippen LogP contribution >= 0.6 is 0 Å². The van der Waals surface area contributed by atoms with Gasteiger partial charge in [0.1, 0.15) is 0 Å². The van der Waals surface area contributed by atoms with Crippen LogP contribution in [0.5, 0.6) is 0 Å². The summed E-state index contributed by atoms with van der Waals surface area (Å²) in [4.78, 5) is 0. The van der Waals surface area contributed by atoms with Gasteiger partial charge in [0.15, 0.2) is 0 Å². The molecule has 0 unspecified atom stereocenters. The maximum absolute atomic E-state index is 8.42. The first-order valence-electron chi connectivity index (χ1n) is 3.31. The van der Waals surface area contributed by atoms with Gasteiger partial charge in [0.05, 0.1) is 0 Å². The average molecular weight is 184 g/mol. The van der Waals surface area contributed by atoms with E-state index < -0.39 is 7.32 Å². The van der Waals surface area contributed by atoms with Crippen molar-refractivity contribution in [2.75, 3.05) is 0 Å². The van der Waals surface area contributed by atoms with E-state index >= 15 is 0 Å². The van der Waals surface area contributed by atoms with E-state index in [2.05, 4.69) is 6.58 Å². The third kappa shape index (κ3) is 20.7. The van der Waals surface area contributed by atoms with Crippen molar-refractivity contribution in [2.24, 2.45) is 0 Å². The van der Waals surface area contributed by atoms with Crippen molar-refractivity contribution in [3.8, 4) is 0 Å². The summed E-state index contributed by atoms with van der Waals surface area (Å²) in [5, 5.41) is 25.2. The molecule has 3 nitrogen and oxygen atoms in total. The third-order valence-electron chi connectivity index (χ3n) is 1.04. The SMILES string of the molecule is C=Cc1ccccc1.[Li+].[Li+].[Li+].[O-]B([O-])[O-]. The summed E-state index contributed by atoms with van der Waals surface area (Å²) in [6, 6.07) is 10.0. The van der Waals surface area contributed by atoms with Crippen LogP contribution in [0.15, 0.2) is 36.9 Å². The Morgan fingerprint density at radius 2 is 1.27 bits per heavy atom. The van der Waals surface area contributed by atoms with Gasteiger partial charge >= 0.3 is 56.6 Å². The first-order valence-corrected chi connectivity index (χ1v) is 3.31. The van der Waals surface area contributed by atoms with Gasteiger partial charge in [-0.25, -0.2) is 0 Å². The van der Waals surface area contributed by atoms with Gasteiger partial charge in [-0.3, -0.25) is 7.32 Å². The molecule has 0 heterocycles. The van der Waals surface area contributed by atoms with Crippen molar-refractivity contribution in [1.82, 2.24) is 0 Å². The van der Waals surface area contributed by atoms with Gasteiger partial charge in [-0.05, 0) is 5.56 Å². The fraction of sp³-hybridized carbons (Fsp3) is 0. The molecule has 0 N–H and O–H groups in total. The van der Waals surface area contributed by atoms with Crippen LogP contribution in [-0.4, -0.2) is 7.32 Å². The molecule has 0 radical (unpaired) electrons. The Morgan fingerprint density at radius 1 is 0.933 bits per heavy atom. The number of benzene rings is 1. The predicted octanol–water partition coefficient (Wildman–Crippen LogP) is -10.6. The first-order chi connectivity index (χ1) is 5.66. The van der Waals surface area contributed by atoms with E-state index in [1.54, 1.807) is 0 Å². The molecule has 0 aliphatic carbocycles. The molecule has 0 aromatic heterocycles. The Kier molecular flexibility index (Phi) is 28.3. The van der Waals surface area contributed by atoms with Gasteiger partial charge in [-0.15, -0.1) is 0 Å². The second-order valence-corrected chi connectivity index (χ2v) is 1.90. The minimum absolute atomic E-state index is 0. The summed E-state index contributed by atoms with van der Waals surface area (Å²) >= 11 is 0. The van der Waals surface area contributed by atoms with Crippen LogP contribution in [0.4, 0.5) is 0 Å². The molecule has 0 saturated heterocycles. The molecule has 0 fully saturated rings. The van der Waals surface area contributed by atoms with E-state index in [1.807, 2.05) is 36.4 Å². The van der Waals surface area contributed by atoms with E-state index in [0.717, 1.165) is 0 Å². The van der Waals surface area contributed by atoms with Crippen LogP contribution < -0.4 is 71.7 Å². The van der Waals surface area contributed by atoms with Gasteiger partial charge in [-0.1, -0.05) is 43.0 Å². The van der Waals surface area contributed by atoms with Gasteiger partial charge in [-0.2, -0.15) is 0 Å². The Hall–Kier alpha value is 0.697. The zero-order valence-corrected chi connectivity index (χ0v) is 9.47. The maximum Gasteiger partial charge on any atom is 1.00 e. The Balaban J connectivity index is -0.0000000779. The van der Waals surface area contributed by atoms with E-state index in [4.69, 9.17) is 15.1 Å². The Morgan fingerprint density at radius 3 is 1.47 bits per heavy atom.